The van der Waals surface area contributed by atoms with Crippen molar-refractivity contribution in [3.05, 3.63) is 35.9 Å². The van der Waals surface area contributed by atoms with Crippen LogP contribution in [0.3, 0.4) is 0 Å². The molecule has 2 saturated heterocycles. The normalized spacial score (nSPS) is 32.3. The molecule has 1 aliphatic carbocycles. The van der Waals surface area contributed by atoms with Gasteiger partial charge in [0.2, 0.25) is 0 Å². The van der Waals surface area contributed by atoms with Crippen molar-refractivity contribution in [1.29, 1.82) is 0 Å². The molecule has 3 fully saturated rings. The molecule has 0 spiro atoms. The van der Waals surface area contributed by atoms with E-state index < -0.39 is 5.60 Å². The quantitative estimate of drug-likeness (QED) is 0.907. The molecule has 2 aliphatic heterocycles. The summed E-state index contributed by atoms with van der Waals surface area (Å²) in [5.74, 6) is 0.987. The van der Waals surface area contributed by atoms with Gasteiger partial charge in [-0.05, 0) is 55.0 Å². The Labute approximate surface area is 153 Å². The highest BCUT2D eigenvalue weighted by molar-refractivity contribution is 5.21. The number of nitrogens with zero attached hydrogens (tertiary/aromatic N) is 6. The second-order valence-corrected chi connectivity index (χ2v) is 8.22. The van der Waals surface area contributed by atoms with Crippen molar-refractivity contribution in [2.24, 2.45) is 0 Å². The van der Waals surface area contributed by atoms with Crippen LogP contribution in [-0.2, 0) is 12.1 Å². The summed E-state index contributed by atoms with van der Waals surface area (Å²) in [6.07, 6.45) is 12.3. The number of fused-ring (bicyclic) bond motifs is 2. The first-order valence-corrected chi connectivity index (χ1v) is 9.88. The molecule has 3 atom stereocenters. The molecule has 0 radical (unpaired) electrons. The molecule has 7 heteroatoms. The van der Waals surface area contributed by atoms with Gasteiger partial charge in [-0.25, -0.2) is 4.68 Å². The molecule has 2 aromatic heterocycles. The fourth-order valence-electron chi connectivity index (χ4n) is 5.36. The first-order chi connectivity index (χ1) is 12.7. The zero-order chi connectivity index (χ0) is 17.6. The van der Waals surface area contributed by atoms with Gasteiger partial charge in [-0.2, -0.15) is 0 Å². The van der Waals surface area contributed by atoms with Gasteiger partial charge in [0.15, 0.2) is 5.82 Å². The van der Waals surface area contributed by atoms with Gasteiger partial charge in [0.1, 0.15) is 0 Å². The summed E-state index contributed by atoms with van der Waals surface area (Å²) in [6, 6.07) is 5.15. The van der Waals surface area contributed by atoms with Crippen molar-refractivity contribution in [2.75, 3.05) is 0 Å². The lowest BCUT2D eigenvalue weighted by Gasteiger charge is -2.43. The number of rotatable bonds is 4. The maximum absolute atomic E-state index is 11.3. The van der Waals surface area contributed by atoms with Crippen LogP contribution in [0.2, 0.25) is 0 Å². The minimum absolute atomic E-state index is 0.382. The Balaban J connectivity index is 1.35. The van der Waals surface area contributed by atoms with E-state index >= 15 is 0 Å². The van der Waals surface area contributed by atoms with Gasteiger partial charge in [-0.3, -0.25) is 9.88 Å². The molecule has 0 aromatic carbocycles. The van der Waals surface area contributed by atoms with Gasteiger partial charge >= 0.3 is 0 Å². The summed E-state index contributed by atoms with van der Waals surface area (Å²) in [7, 11) is 0. The molecule has 7 nitrogen and oxygen atoms in total. The molecule has 1 unspecified atom stereocenters. The molecule has 1 N–H and O–H groups in total. The van der Waals surface area contributed by atoms with E-state index in [1.165, 1.54) is 25.7 Å². The number of hydrogen-bond donors (Lipinski definition) is 1. The van der Waals surface area contributed by atoms with Crippen molar-refractivity contribution >= 4 is 0 Å². The molecule has 138 valence electrons. The molecule has 4 heterocycles. The maximum Gasteiger partial charge on any atom is 0.165 e. The molecule has 1 saturated carbocycles. The standard InChI is InChI=1S/C19H26N6O/c26-19(14-4-3-9-20-12-14)10-16-7-8-17(11-19)24(16)13-18-21-22-23-25(18)15-5-1-2-6-15/h3-4,9,12,15-17,26H,1-2,5-8,10-11,13H2/t16-,17+,19?. The van der Waals surface area contributed by atoms with Crippen LogP contribution in [0.1, 0.15) is 68.8 Å². The van der Waals surface area contributed by atoms with E-state index in [1.807, 2.05) is 18.3 Å². The summed E-state index contributed by atoms with van der Waals surface area (Å²) in [5.41, 5.74) is 0.195. The Bertz CT molecular complexity index is 742. The Morgan fingerprint density at radius 3 is 2.54 bits per heavy atom. The monoisotopic (exact) mass is 354 g/mol. The van der Waals surface area contributed by atoms with Crippen LogP contribution in [0.4, 0.5) is 0 Å². The van der Waals surface area contributed by atoms with E-state index in [9.17, 15) is 5.11 Å². The third-order valence-corrected chi connectivity index (χ3v) is 6.67. The van der Waals surface area contributed by atoms with Crippen LogP contribution in [0.15, 0.2) is 24.5 Å². The summed E-state index contributed by atoms with van der Waals surface area (Å²) in [4.78, 5) is 6.74. The largest absolute Gasteiger partial charge is 0.385 e. The molecule has 26 heavy (non-hydrogen) atoms. The summed E-state index contributed by atoms with van der Waals surface area (Å²) < 4.78 is 2.06. The Kier molecular flexibility index (Phi) is 4.01. The van der Waals surface area contributed by atoms with Gasteiger partial charge in [-0.1, -0.05) is 18.9 Å². The molecule has 3 aliphatic rings. The second kappa shape index (κ2) is 6.39. The minimum atomic E-state index is -0.756. The molecular weight excluding hydrogens is 328 g/mol. The Morgan fingerprint density at radius 2 is 1.85 bits per heavy atom. The lowest BCUT2D eigenvalue weighted by Crippen LogP contribution is -2.49. The number of aromatic nitrogens is 5. The fourth-order valence-corrected chi connectivity index (χ4v) is 5.36. The molecule has 2 bridgehead atoms. The fraction of sp³-hybridized carbons (Fsp3) is 0.684. The molecule has 0 amide bonds. The van der Waals surface area contributed by atoms with E-state index in [-0.39, 0.29) is 0 Å². The van der Waals surface area contributed by atoms with E-state index in [0.29, 0.717) is 18.1 Å². The van der Waals surface area contributed by atoms with E-state index in [2.05, 4.69) is 30.1 Å². The molecule has 2 aromatic rings. The number of pyridine rings is 1. The van der Waals surface area contributed by atoms with Crippen LogP contribution in [0.25, 0.3) is 0 Å². The highest BCUT2D eigenvalue weighted by Crippen LogP contribution is 2.46. The number of hydrogen-bond acceptors (Lipinski definition) is 6. The van der Waals surface area contributed by atoms with E-state index in [1.54, 1.807) is 6.20 Å². The summed E-state index contributed by atoms with van der Waals surface area (Å²) >= 11 is 0. The smallest absolute Gasteiger partial charge is 0.165 e. The highest BCUT2D eigenvalue weighted by atomic mass is 16.3. The minimum Gasteiger partial charge on any atom is -0.385 e. The predicted molar refractivity (Wildman–Crippen MR) is 95.0 cm³/mol. The SMILES string of the molecule is OC1(c2cccnc2)C[C@H]2CC[C@@H](C1)N2Cc1nnnn1C1CCCC1. The van der Waals surface area contributed by atoms with Crippen LogP contribution >= 0.6 is 0 Å². The third kappa shape index (κ3) is 2.74. The second-order valence-electron chi connectivity index (χ2n) is 8.22. The Hall–Kier alpha value is -1.86. The molecular formula is C19H26N6O. The first kappa shape index (κ1) is 16.3. The van der Waals surface area contributed by atoms with E-state index in [0.717, 1.165) is 43.6 Å². The number of piperidine rings is 1. The average molecular weight is 354 g/mol. The maximum atomic E-state index is 11.3. The van der Waals surface area contributed by atoms with Gasteiger partial charge in [-0.15, -0.1) is 5.10 Å². The van der Waals surface area contributed by atoms with Crippen molar-refractivity contribution in [3.63, 3.8) is 0 Å². The predicted octanol–water partition coefficient (Wildman–Crippen LogP) is 2.20. The van der Waals surface area contributed by atoms with Gasteiger partial charge in [0, 0.05) is 30.0 Å². The molecule has 5 rings (SSSR count). The van der Waals surface area contributed by atoms with E-state index in [4.69, 9.17) is 0 Å². The topological polar surface area (TPSA) is 80.0 Å². The van der Waals surface area contributed by atoms with Crippen molar-refractivity contribution in [1.82, 2.24) is 30.1 Å². The Morgan fingerprint density at radius 1 is 1.08 bits per heavy atom. The zero-order valence-electron chi connectivity index (χ0n) is 15.0. The van der Waals surface area contributed by atoms with Gasteiger partial charge < -0.3 is 5.11 Å². The van der Waals surface area contributed by atoms with Crippen molar-refractivity contribution in [2.45, 2.75) is 81.6 Å². The lowest BCUT2D eigenvalue weighted by atomic mass is 9.81. The van der Waals surface area contributed by atoms with Crippen LogP contribution < -0.4 is 0 Å². The van der Waals surface area contributed by atoms with Gasteiger partial charge in [0.25, 0.3) is 0 Å². The van der Waals surface area contributed by atoms with Crippen LogP contribution in [-0.4, -0.2) is 47.3 Å². The van der Waals surface area contributed by atoms with Crippen molar-refractivity contribution < 1.29 is 5.11 Å². The third-order valence-electron chi connectivity index (χ3n) is 6.67. The van der Waals surface area contributed by atoms with Gasteiger partial charge in [0.05, 0.1) is 18.2 Å². The average Bonchev–Trinajstić information content (AvgIpc) is 3.38. The summed E-state index contributed by atoms with van der Waals surface area (Å²) in [6.45, 7) is 0.794. The summed E-state index contributed by atoms with van der Waals surface area (Å²) in [5, 5.41) is 23.9. The highest BCUT2D eigenvalue weighted by Gasteiger charge is 2.48. The van der Waals surface area contributed by atoms with Crippen molar-refractivity contribution in [3.8, 4) is 0 Å². The van der Waals surface area contributed by atoms with Crippen LogP contribution in [0.5, 0.6) is 0 Å². The first-order valence-electron chi connectivity index (χ1n) is 9.88. The number of aliphatic hydroxyl groups is 1. The van der Waals surface area contributed by atoms with Crippen LogP contribution in [0, 0.1) is 0 Å². The number of tetrazole rings is 1. The lowest BCUT2D eigenvalue weighted by molar-refractivity contribution is -0.0607. The zero-order valence-corrected chi connectivity index (χ0v) is 15.0.